The highest BCUT2D eigenvalue weighted by Gasteiger charge is 2.32. The third kappa shape index (κ3) is 7.48. The van der Waals surface area contributed by atoms with Gasteiger partial charge in [-0.1, -0.05) is 17.9 Å². The van der Waals surface area contributed by atoms with E-state index in [1.807, 2.05) is 4.90 Å². The van der Waals surface area contributed by atoms with Gasteiger partial charge in [-0.25, -0.2) is 4.39 Å². The summed E-state index contributed by atoms with van der Waals surface area (Å²) in [7, 11) is 1.55. The molecule has 206 valence electrons. The molecule has 1 N–H and O–H groups in total. The molecule has 0 aliphatic carbocycles. The lowest BCUT2D eigenvalue weighted by atomic mass is 9.79. The number of nitrogens with zero attached hydrogens (tertiary/aromatic N) is 2. The summed E-state index contributed by atoms with van der Waals surface area (Å²) in [4.78, 5) is 17.9. The molecule has 9 heteroatoms. The number of aliphatic carboxylic acids is 1. The number of carboxylic acid groups (broad SMARTS) is 1. The molecule has 4 rings (SSSR count). The molecule has 2 heterocycles. The van der Waals surface area contributed by atoms with E-state index in [-0.39, 0.29) is 30.2 Å². The number of methoxy groups -OCH3 is 1. The summed E-state index contributed by atoms with van der Waals surface area (Å²) in [5, 5.41) is 10.2. The van der Waals surface area contributed by atoms with Crippen molar-refractivity contribution in [2.24, 2.45) is 11.8 Å². The Bertz CT molecular complexity index is 1370. The average Bonchev–Trinajstić information content (AvgIpc) is 2.91. The number of hydrogen-bond acceptors (Lipinski definition) is 4. The summed E-state index contributed by atoms with van der Waals surface area (Å²) in [5.74, 6) is 5.27. The van der Waals surface area contributed by atoms with Crippen LogP contribution < -0.4 is 4.74 Å². The lowest BCUT2D eigenvalue weighted by Gasteiger charge is -2.37. The predicted octanol–water partition coefficient (Wildman–Crippen LogP) is 6.52. The fourth-order valence-electron chi connectivity index (χ4n) is 5.22. The summed E-state index contributed by atoms with van der Waals surface area (Å²) in [6, 6.07) is 11.9. The third-order valence-electron chi connectivity index (χ3n) is 7.25. The van der Waals surface area contributed by atoms with Crippen LogP contribution in [0, 0.1) is 23.7 Å². The van der Waals surface area contributed by atoms with Gasteiger partial charge in [0.25, 0.3) is 0 Å². The number of alkyl halides is 4. The largest absolute Gasteiger partial charge is 0.497 e. The van der Waals surface area contributed by atoms with Gasteiger partial charge in [0.1, 0.15) is 11.9 Å². The smallest absolute Gasteiger partial charge is 0.416 e. The first-order valence-corrected chi connectivity index (χ1v) is 12.8. The zero-order valence-electron chi connectivity index (χ0n) is 21.5. The Balaban J connectivity index is 1.38. The van der Waals surface area contributed by atoms with Crippen LogP contribution >= 0.6 is 0 Å². The number of carbonyl (C=O) groups is 1. The standard InChI is InChI=1S/C30H30F4N2O3/c1-39-24-8-10-28-26(18-24)25(11-13-35-28)27(31)9-7-21-12-15-36(19-22(21)17-29(37)38)14-3-5-20-4-2-6-23(16-20)30(32,33)34/h2,4,6,8,10-11,13,16,18,21-22,27H,7,9,12,14-15,17,19H2,1H3,(H,37,38)/t21-,22+,27-/m1/s1. The third-order valence-corrected chi connectivity index (χ3v) is 7.25. The predicted molar refractivity (Wildman–Crippen MR) is 140 cm³/mol. The number of ether oxygens (including phenoxy) is 1. The molecule has 5 nitrogen and oxygen atoms in total. The highest BCUT2D eigenvalue weighted by Crippen LogP contribution is 2.36. The summed E-state index contributed by atoms with van der Waals surface area (Å²) >= 11 is 0. The molecule has 1 fully saturated rings. The van der Waals surface area contributed by atoms with E-state index in [0.29, 0.717) is 54.7 Å². The van der Waals surface area contributed by atoms with Crippen LogP contribution in [0.2, 0.25) is 0 Å². The number of rotatable bonds is 8. The molecule has 0 unspecified atom stereocenters. The van der Waals surface area contributed by atoms with Crippen LogP contribution in [0.25, 0.3) is 10.9 Å². The van der Waals surface area contributed by atoms with Crippen molar-refractivity contribution in [3.8, 4) is 17.6 Å². The number of pyridine rings is 1. The molecule has 0 saturated carbocycles. The monoisotopic (exact) mass is 542 g/mol. The fraction of sp³-hybridized carbons (Fsp3) is 0.400. The van der Waals surface area contributed by atoms with Crippen molar-refractivity contribution < 1.29 is 32.2 Å². The Morgan fingerprint density at radius 1 is 1.21 bits per heavy atom. The second kappa shape index (κ2) is 12.5. The van der Waals surface area contributed by atoms with Crippen molar-refractivity contribution in [3.05, 3.63) is 71.4 Å². The number of fused-ring (bicyclic) bond motifs is 1. The van der Waals surface area contributed by atoms with E-state index >= 15 is 4.39 Å². The summed E-state index contributed by atoms with van der Waals surface area (Å²) in [5.41, 5.74) is 0.744. The van der Waals surface area contributed by atoms with Crippen molar-refractivity contribution in [2.45, 2.75) is 38.0 Å². The highest BCUT2D eigenvalue weighted by molar-refractivity contribution is 5.83. The summed E-state index contributed by atoms with van der Waals surface area (Å²) in [6.07, 6.45) is -2.62. The van der Waals surface area contributed by atoms with E-state index in [0.717, 1.165) is 12.1 Å². The second-order valence-corrected chi connectivity index (χ2v) is 9.85. The van der Waals surface area contributed by atoms with E-state index in [1.54, 1.807) is 37.6 Å². The molecule has 3 atom stereocenters. The molecular weight excluding hydrogens is 512 g/mol. The van der Waals surface area contributed by atoms with Crippen molar-refractivity contribution in [1.29, 1.82) is 0 Å². The molecule has 1 aliphatic heterocycles. The van der Waals surface area contributed by atoms with Crippen molar-refractivity contribution >= 4 is 16.9 Å². The van der Waals surface area contributed by atoms with Crippen molar-refractivity contribution in [1.82, 2.24) is 9.88 Å². The zero-order valence-corrected chi connectivity index (χ0v) is 21.5. The number of benzene rings is 2. The van der Waals surface area contributed by atoms with E-state index in [9.17, 15) is 23.1 Å². The van der Waals surface area contributed by atoms with Gasteiger partial charge in [-0.05, 0) is 85.7 Å². The zero-order chi connectivity index (χ0) is 28.0. The van der Waals surface area contributed by atoms with Crippen molar-refractivity contribution in [2.75, 3.05) is 26.7 Å². The van der Waals surface area contributed by atoms with Crippen molar-refractivity contribution in [3.63, 3.8) is 0 Å². The average molecular weight is 543 g/mol. The number of likely N-dealkylation sites (tertiary alicyclic amines) is 1. The first-order chi connectivity index (χ1) is 18.6. The van der Waals surface area contributed by atoms with E-state index in [2.05, 4.69) is 16.8 Å². The van der Waals surface area contributed by atoms with Gasteiger partial charge < -0.3 is 9.84 Å². The fourth-order valence-corrected chi connectivity index (χ4v) is 5.22. The lowest BCUT2D eigenvalue weighted by Crippen LogP contribution is -2.41. The van der Waals surface area contributed by atoms with Gasteiger partial charge in [0.05, 0.1) is 24.7 Å². The summed E-state index contributed by atoms with van der Waals surface area (Å²) < 4.78 is 59.6. The Kier molecular flexibility index (Phi) is 9.08. The molecule has 0 radical (unpaired) electrons. The van der Waals surface area contributed by atoms with E-state index in [4.69, 9.17) is 4.74 Å². The van der Waals surface area contributed by atoms with Gasteiger partial charge in [0.2, 0.25) is 0 Å². The topological polar surface area (TPSA) is 62.7 Å². The van der Waals surface area contributed by atoms with Gasteiger partial charge in [-0.3, -0.25) is 14.7 Å². The molecule has 0 spiro atoms. The van der Waals surface area contributed by atoms with Crippen LogP contribution in [-0.2, 0) is 11.0 Å². The van der Waals surface area contributed by atoms with Crippen LogP contribution in [0.1, 0.15) is 48.5 Å². The highest BCUT2D eigenvalue weighted by atomic mass is 19.4. The molecular formula is C30H30F4N2O3. The first-order valence-electron chi connectivity index (χ1n) is 12.8. The Morgan fingerprint density at radius 2 is 2.03 bits per heavy atom. The van der Waals surface area contributed by atoms with Gasteiger partial charge >= 0.3 is 12.1 Å². The molecule has 0 amide bonds. The lowest BCUT2D eigenvalue weighted by molar-refractivity contribution is -0.139. The second-order valence-electron chi connectivity index (χ2n) is 9.85. The first kappa shape index (κ1) is 28.4. The van der Waals surface area contributed by atoms with Gasteiger partial charge in [0.15, 0.2) is 0 Å². The maximum atomic E-state index is 15.5. The number of aromatic nitrogens is 1. The molecule has 1 aromatic heterocycles. The Labute approximate surface area is 224 Å². The quantitative estimate of drug-likeness (QED) is 0.260. The molecule has 39 heavy (non-hydrogen) atoms. The van der Waals surface area contributed by atoms with E-state index in [1.165, 1.54) is 12.1 Å². The molecule has 2 aromatic carbocycles. The molecule has 3 aromatic rings. The van der Waals surface area contributed by atoms with E-state index < -0.39 is 23.9 Å². The van der Waals surface area contributed by atoms with Crippen LogP contribution in [0.5, 0.6) is 5.75 Å². The molecule has 1 aliphatic rings. The number of piperidine rings is 1. The number of carboxylic acids is 1. The Hall–Kier alpha value is -3.64. The van der Waals surface area contributed by atoms with Crippen LogP contribution in [-0.4, -0.2) is 47.7 Å². The minimum absolute atomic E-state index is 0.0332. The minimum Gasteiger partial charge on any atom is -0.497 e. The molecule has 0 bridgehead atoms. The van der Waals surface area contributed by atoms with Crippen LogP contribution in [0.4, 0.5) is 17.6 Å². The minimum atomic E-state index is -4.43. The van der Waals surface area contributed by atoms with Gasteiger partial charge in [-0.15, -0.1) is 0 Å². The maximum Gasteiger partial charge on any atom is 0.416 e. The van der Waals surface area contributed by atoms with Gasteiger partial charge in [-0.2, -0.15) is 13.2 Å². The van der Waals surface area contributed by atoms with Gasteiger partial charge in [0, 0.05) is 30.1 Å². The normalized spacial score (nSPS) is 18.8. The number of hydrogen-bond donors (Lipinski definition) is 1. The number of halogens is 4. The maximum absolute atomic E-state index is 15.5. The van der Waals surface area contributed by atoms with Crippen LogP contribution in [0.3, 0.4) is 0 Å². The Morgan fingerprint density at radius 3 is 2.77 bits per heavy atom. The summed E-state index contributed by atoms with van der Waals surface area (Å²) in [6.45, 7) is 1.46. The SMILES string of the molecule is COc1ccc2nccc([C@H](F)CC[C@@H]3CCN(CC#Cc4cccc(C(F)(F)F)c4)C[C@@H]3CC(=O)O)c2c1. The van der Waals surface area contributed by atoms with Crippen LogP contribution in [0.15, 0.2) is 54.7 Å². The molecule has 1 saturated heterocycles.